The number of methoxy groups -OCH3 is 1. The first-order valence-corrected chi connectivity index (χ1v) is 9.75. The molecule has 0 bridgehead atoms. The molecule has 7 nitrogen and oxygen atoms in total. The maximum absolute atomic E-state index is 12.7. The molecule has 1 N–H and O–H groups in total. The van der Waals surface area contributed by atoms with Crippen LogP contribution >= 0.6 is 11.3 Å². The molecule has 0 fully saturated rings. The normalized spacial score (nSPS) is 10.9. The molecule has 4 aromatic rings. The van der Waals surface area contributed by atoms with Gasteiger partial charge in [0.2, 0.25) is 0 Å². The molecule has 0 radical (unpaired) electrons. The predicted octanol–water partition coefficient (Wildman–Crippen LogP) is 4.74. The first-order chi connectivity index (χ1) is 14.0. The predicted molar refractivity (Wildman–Crippen MR) is 111 cm³/mol. The monoisotopic (exact) mass is 409 g/mol. The van der Waals surface area contributed by atoms with Crippen LogP contribution in [0.1, 0.15) is 27.4 Å². The van der Waals surface area contributed by atoms with Gasteiger partial charge in [-0.3, -0.25) is 10.1 Å². The smallest absolute Gasteiger partial charge is 0.280 e. The molecule has 2 heterocycles. The highest BCUT2D eigenvalue weighted by Gasteiger charge is 2.21. The Morgan fingerprint density at radius 2 is 1.90 bits per heavy atom. The fourth-order valence-electron chi connectivity index (χ4n) is 2.81. The molecule has 1 amide bonds. The van der Waals surface area contributed by atoms with Crippen LogP contribution in [0, 0.1) is 13.8 Å². The van der Waals surface area contributed by atoms with E-state index in [1.54, 1.807) is 38.3 Å². The van der Waals surface area contributed by atoms with E-state index in [9.17, 15) is 4.79 Å². The number of amides is 1. The second-order valence-electron chi connectivity index (χ2n) is 6.47. The van der Waals surface area contributed by atoms with Gasteiger partial charge in [0.15, 0.2) is 10.8 Å². The standard InChI is InChI=1S/C21H19N3O4S/c1-12-4-9-17-18(10-12)29-21(22-17)23-20(25)19-16(13(2)28-24-19)11-27-15-7-5-14(26-3)6-8-15/h4-10H,11H2,1-3H3,(H,22,23,25). The maximum atomic E-state index is 12.7. The highest BCUT2D eigenvalue weighted by molar-refractivity contribution is 7.22. The third kappa shape index (κ3) is 4.07. The first-order valence-electron chi connectivity index (χ1n) is 8.94. The number of fused-ring (bicyclic) bond motifs is 1. The Kier molecular flexibility index (Phi) is 5.18. The van der Waals surface area contributed by atoms with Gasteiger partial charge >= 0.3 is 0 Å². The van der Waals surface area contributed by atoms with Gasteiger partial charge in [0.25, 0.3) is 5.91 Å². The second-order valence-corrected chi connectivity index (χ2v) is 7.51. The Morgan fingerprint density at radius 3 is 2.66 bits per heavy atom. The zero-order chi connectivity index (χ0) is 20.4. The van der Waals surface area contributed by atoms with Crippen molar-refractivity contribution in [3.63, 3.8) is 0 Å². The molecule has 0 unspecified atom stereocenters. The molecule has 0 saturated carbocycles. The van der Waals surface area contributed by atoms with E-state index in [0.717, 1.165) is 21.5 Å². The number of benzene rings is 2. The number of aryl methyl sites for hydroxylation is 2. The largest absolute Gasteiger partial charge is 0.497 e. The van der Waals surface area contributed by atoms with Gasteiger partial charge in [-0.15, -0.1) is 0 Å². The number of anilines is 1. The van der Waals surface area contributed by atoms with Crippen molar-refractivity contribution in [2.75, 3.05) is 12.4 Å². The van der Waals surface area contributed by atoms with Gasteiger partial charge < -0.3 is 14.0 Å². The van der Waals surface area contributed by atoms with Crippen LogP contribution < -0.4 is 14.8 Å². The molecule has 0 atom stereocenters. The molecule has 29 heavy (non-hydrogen) atoms. The van der Waals surface area contributed by atoms with Gasteiger partial charge in [0, 0.05) is 0 Å². The number of thiazole rings is 1. The van der Waals surface area contributed by atoms with Crippen LogP contribution in [-0.4, -0.2) is 23.2 Å². The van der Waals surface area contributed by atoms with E-state index >= 15 is 0 Å². The van der Waals surface area contributed by atoms with E-state index < -0.39 is 0 Å². The third-order valence-electron chi connectivity index (χ3n) is 4.41. The lowest BCUT2D eigenvalue weighted by Gasteiger charge is -2.07. The first kappa shape index (κ1) is 18.9. The Hall–Kier alpha value is -3.39. The Bertz CT molecular complexity index is 1160. The van der Waals surface area contributed by atoms with Gasteiger partial charge in [-0.25, -0.2) is 4.98 Å². The van der Waals surface area contributed by atoms with Crippen molar-refractivity contribution in [2.24, 2.45) is 0 Å². The second kappa shape index (κ2) is 7.92. The fourth-order valence-corrected chi connectivity index (χ4v) is 3.77. The average Bonchev–Trinajstić information content (AvgIpc) is 3.28. The van der Waals surface area contributed by atoms with Crippen LogP contribution in [-0.2, 0) is 6.61 Å². The van der Waals surface area contributed by atoms with E-state index in [2.05, 4.69) is 15.5 Å². The Balaban J connectivity index is 1.49. The van der Waals surface area contributed by atoms with Gasteiger partial charge in [0.1, 0.15) is 23.9 Å². The summed E-state index contributed by atoms with van der Waals surface area (Å²) in [5.41, 5.74) is 2.76. The summed E-state index contributed by atoms with van der Waals surface area (Å²) in [6.45, 7) is 3.92. The molecule has 0 spiro atoms. The summed E-state index contributed by atoms with van der Waals surface area (Å²) < 4.78 is 17.2. The van der Waals surface area contributed by atoms with Crippen molar-refractivity contribution in [3.8, 4) is 11.5 Å². The van der Waals surface area contributed by atoms with Crippen molar-refractivity contribution >= 4 is 32.6 Å². The third-order valence-corrected chi connectivity index (χ3v) is 5.34. The maximum Gasteiger partial charge on any atom is 0.280 e. The summed E-state index contributed by atoms with van der Waals surface area (Å²) in [5, 5.41) is 7.23. The number of hydrogen-bond acceptors (Lipinski definition) is 7. The zero-order valence-corrected chi connectivity index (χ0v) is 17.0. The lowest BCUT2D eigenvalue weighted by molar-refractivity contribution is 0.101. The minimum atomic E-state index is -0.383. The molecule has 4 rings (SSSR count). The van der Waals surface area contributed by atoms with Crippen molar-refractivity contribution in [2.45, 2.75) is 20.5 Å². The van der Waals surface area contributed by atoms with Crippen molar-refractivity contribution in [1.29, 1.82) is 0 Å². The van der Waals surface area contributed by atoms with Gasteiger partial charge in [-0.05, 0) is 55.8 Å². The number of carbonyl (C=O) groups excluding carboxylic acids is 1. The summed E-state index contributed by atoms with van der Waals surface area (Å²) in [7, 11) is 1.61. The number of nitrogens with one attached hydrogen (secondary N) is 1. The molecule has 0 aliphatic rings. The minimum absolute atomic E-state index is 0.156. The topological polar surface area (TPSA) is 86.5 Å². The summed E-state index contributed by atoms with van der Waals surface area (Å²) in [4.78, 5) is 17.2. The van der Waals surface area contributed by atoms with E-state index in [-0.39, 0.29) is 18.2 Å². The van der Waals surface area contributed by atoms with Crippen molar-refractivity contribution in [3.05, 3.63) is 65.0 Å². The van der Waals surface area contributed by atoms with Crippen LogP contribution in [0.3, 0.4) is 0 Å². The molecule has 2 aromatic carbocycles. The van der Waals surface area contributed by atoms with Crippen LogP contribution in [0.2, 0.25) is 0 Å². The average molecular weight is 409 g/mol. The molecule has 2 aromatic heterocycles. The lowest BCUT2D eigenvalue weighted by Crippen LogP contribution is -2.15. The number of nitrogens with zero attached hydrogens (tertiary/aromatic N) is 2. The van der Waals surface area contributed by atoms with Gasteiger partial charge in [-0.2, -0.15) is 0 Å². The number of ether oxygens (including phenoxy) is 2. The van der Waals surface area contributed by atoms with Crippen LogP contribution in [0.4, 0.5) is 5.13 Å². The zero-order valence-electron chi connectivity index (χ0n) is 16.2. The molecular weight excluding hydrogens is 390 g/mol. The van der Waals surface area contributed by atoms with Gasteiger partial charge in [-0.1, -0.05) is 22.6 Å². The van der Waals surface area contributed by atoms with Crippen molar-refractivity contribution in [1.82, 2.24) is 10.1 Å². The fraction of sp³-hybridized carbons (Fsp3) is 0.190. The molecule has 0 saturated heterocycles. The number of rotatable bonds is 6. The van der Waals surface area contributed by atoms with Crippen molar-refractivity contribution < 1.29 is 18.8 Å². The number of carbonyl (C=O) groups is 1. The summed E-state index contributed by atoms with van der Waals surface area (Å²) in [6.07, 6.45) is 0. The summed E-state index contributed by atoms with van der Waals surface area (Å²) >= 11 is 1.42. The minimum Gasteiger partial charge on any atom is -0.497 e. The van der Waals surface area contributed by atoms with Crippen LogP contribution in [0.25, 0.3) is 10.2 Å². The summed E-state index contributed by atoms with van der Waals surface area (Å²) in [6, 6.07) is 13.2. The van der Waals surface area contributed by atoms with Gasteiger partial charge in [0.05, 0.1) is 22.9 Å². The summed E-state index contributed by atoms with van der Waals surface area (Å²) in [5.74, 6) is 1.54. The van der Waals surface area contributed by atoms with Crippen LogP contribution in [0.5, 0.6) is 11.5 Å². The SMILES string of the molecule is COc1ccc(OCc2c(C(=O)Nc3nc4ccc(C)cc4s3)noc2C)cc1. The van der Waals surface area contributed by atoms with E-state index in [0.29, 0.717) is 22.2 Å². The number of hydrogen-bond donors (Lipinski definition) is 1. The molecule has 0 aliphatic heterocycles. The Labute approximate surface area is 171 Å². The molecule has 148 valence electrons. The quantitative estimate of drug-likeness (QED) is 0.495. The van der Waals surface area contributed by atoms with E-state index in [1.807, 2.05) is 25.1 Å². The lowest BCUT2D eigenvalue weighted by atomic mass is 10.2. The van der Waals surface area contributed by atoms with Crippen LogP contribution in [0.15, 0.2) is 47.0 Å². The molecule has 8 heteroatoms. The van der Waals surface area contributed by atoms with E-state index in [4.69, 9.17) is 14.0 Å². The van der Waals surface area contributed by atoms with E-state index in [1.165, 1.54) is 11.3 Å². The Morgan fingerprint density at radius 1 is 1.14 bits per heavy atom. The molecule has 0 aliphatic carbocycles. The highest BCUT2D eigenvalue weighted by Crippen LogP contribution is 2.27. The highest BCUT2D eigenvalue weighted by atomic mass is 32.1. The molecular formula is C21H19N3O4S. The number of aromatic nitrogens is 2.